The zero-order valence-electron chi connectivity index (χ0n) is 9.45. The predicted molar refractivity (Wildman–Crippen MR) is 56.4 cm³/mol. The van der Waals surface area contributed by atoms with Crippen molar-refractivity contribution in [2.45, 2.75) is 52.6 Å². The molecule has 0 amide bonds. The van der Waals surface area contributed by atoms with Gasteiger partial charge in [-0.25, -0.2) is 0 Å². The first kappa shape index (κ1) is 13.4. The fraction of sp³-hybridized carbons (Fsp3) is 0.909. The number of epoxide rings is 1. The fourth-order valence-corrected chi connectivity index (χ4v) is 1.05. The minimum absolute atomic E-state index is 0.111. The molecule has 3 heteroatoms. The molecule has 1 fully saturated rings. The third-order valence-corrected chi connectivity index (χ3v) is 2.25. The van der Waals surface area contributed by atoms with E-state index in [1.807, 2.05) is 6.92 Å². The van der Waals surface area contributed by atoms with Gasteiger partial charge in [-0.3, -0.25) is 4.79 Å². The highest BCUT2D eigenvalue weighted by Crippen LogP contribution is 2.11. The minimum Gasteiger partial charge on any atom is -0.481 e. The second-order valence-corrected chi connectivity index (χ2v) is 3.73. The van der Waals surface area contributed by atoms with Crippen LogP contribution in [0.2, 0.25) is 0 Å². The van der Waals surface area contributed by atoms with Crippen molar-refractivity contribution >= 4 is 5.97 Å². The molecule has 0 aromatic carbocycles. The number of aliphatic carboxylic acids is 1. The molecule has 1 N–H and O–H groups in total. The lowest BCUT2D eigenvalue weighted by molar-refractivity contribution is -0.142. The summed E-state index contributed by atoms with van der Waals surface area (Å²) in [5, 5.41) is 8.60. The number of hydrogen-bond acceptors (Lipinski definition) is 2. The van der Waals surface area contributed by atoms with E-state index in [9.17, 15) is 4.79 Å². The van der Waals surface area contributed by atoms with E-state index in [0.717, 1.165) is 32.3 Å². The van der Waals surface area contributed by atoms with Crippen molar-refractivity contribution in [2.24, 2.45) is 5.92 Å². The summed E-state index contributed by atoms with van der Waals surface area (Å²) in [4.78, 5) is 10.4. The Hall–Kier alpha value is -0.570. The summed E-state index contributed by atoms with van der Waals surface area (Å²) >= 11 is 0. The summed E-state index contributed by atoms with van der Waals surface area (Å²) in [5.74, 6) is -0.754. The third kappa shape index (κ3) is 8.05. The summed E-state index contributed by atoms with van der Waals surface area (Å²) in [6.45, 7) is 7.04. The number of carboxylic acid groups (broad SMARTS) is 1. The van der Waals surface area contributed by atoms with Crippen molar-refractivity contribution in [2.75, 3.05) is 6.61 Å². The highest BCUT2D eigenvalue weighted by atomic mass is 16.6. The van der Waals surface area contributed by atoms with Gasteiger partial charge in [-0.15, -0.1) is 0 Å². The second kappa shape index (κ2) is 7.80. The van der Waals surface area contributed by atoms with Crippen LogP contribution in [0.4, 0.5) is 0 Å². The van der Waals surface area contributed by atoms with E-state index in [0.29, 0.717) is 6.10 Å². The Balaban J connectivity index is 0.000000344. The second-order valence-electron chi connectivity index (χ2n) is 3.73. The molecule has 3 nitrogen and oxygen atoms in total. The van der Waals surface area contributed by atoms with Crippen LogP contribution in [0.1, 0.15) is 46.5 Å². The molecule has 0 bridgehead atoms. The topological polar surface area (TPSA) is 49.8 Å². The number of carbonyl (C=O) groups is 1. The van der Waals surface area contributed by atoms with Crippen LogP contribution in [0.25, 0.3) is 0 Å². The Bertz CT molecular complexity index is 153. The van der Waals surface area contributed by atoms with Crippen molar-refractivity contribution in [1.82, 2.24) is 0 Å². The quantitative estimate of drug-likeness (QED) is 0.697. The molecule has 0 aliphatic carbocycles. The molecule has 14 heavy (non-hydrogen) atoms. The van der Waals surface area contributed by atoms with Gasteiger partial charge in [0.2, 0.25) is 0 Å². The maximum absolute atomic E-state index is 10.4. The smallest absolute Gasteiger partial charge is 0.306 e. The van der Waals surface area contributed by atoms with Gasteiger partial charge in [-0.05, 0) is 19.8 Å². The van der Waals surface area contributed by atoms with Gasteiger partial charge in [0.15, 0.2) is 0 Å². The first-order valence-electron chi connectivity index (χ1n) is 5.46. The molecule has 1 aliphatic rings. The highest BCUT2D eigenvalue weighted by Gasteiger charge is 2.13. The van der Waals surface area contributed by atoms with Crippen molar-refractivity contribution in [1.29, 1.82) is 0 Å². The molecule has 1 saturated heterocycles. The average Bonchev–Trinajstić information content (AvgIpc) is 2.90. The maximum atomic E-state index is 10.4. The van der Waals surface area contributed by atoms with Crippen LogP contribution in [0.3, 0.4) is 0 Å². The van der Waals surface area contributed by atoms with Crippen LogP contribution >= 0.6 is 0 Å². The average molecular weight is 202 g/mol. The van der Waals surface area contributed by atoms with Crippen LogP contribution in [-0.4, -0.2) is 23.8 Å². The minimum atomic E-state index is -0.643. The molecule has 0 saturated carbocycles. The lowest BCUT2D eigenvalue weighted by Crippen LogP contribution is -2.11. The largest absolute Gasteiger partial charge is 0.481 e. The highest BCUT2D eigenvalue weighted by molar-refractivity contribution is 5.69. The van der Waals surface area contributed by atoms with Gasteiger partial charge in [-0.1, -0.05) is 26.7 Å². The normalized spacial score (nSPS) is 20.6. The molecule has 0 radical (unpaired) electrons. The van der Waals surface area contributed by atoms with Crippen molar-refractivity contribution in [3.8, 4) is 0 Å². The molecule has 0 aromatic rings. The standard InChI is InChI=1S/C8H16O2.C3H6O/c1-3-5-6-7(4-2)8(9)10;1-3-2-4-3/h7H,3-6H2,1-2H3,(H,9,10);3H,2H2,1H3. The summed E-state index contributed by atoms with van der Waals surface area (Å²) in [7, 11) is 0. The monoisotopic (exact) mass is 202 g/mol. The van der Waals surface area contributed by atoms with E-state index in [2.05, 4.69) is 13.8 Å². The van der Waals surface area contributed by atoms with Gasteiger partial charge in [0.05, 0.1) is 18.6 Å². The van der Waals surface area contributed by atoms with Gasteiger partial charge in [0.25, 0.3) is 0 Å². The fourth-order valence-electron chi connectivity index (χ4n) is 1.05. The first-order valence-corrected chi connectivity index (χ1v) is 5.46. The van der Waals surface area contributed by atoms with Crippen LogP contribution in [-0.2, 0) is 9.53 Å². The van der Waals surface area contributed by atoms with Crippen LogP contribution < -0.4 is 0 Å². The molecule has 84 valence electrons. The lowest BCUT2D eigenvalue weighted by Gasteiger charge is -2.06. The van der Waals surface area contributed by atoms with Crippen molar-refractivity contribution in [3.05, 3.63) is 0 Å². The zero-order valence-corrected chi connectivity index (χ0v) is 9.45. The number of unbranched alkanes of at least 4 members (excludes halogenated alkanes) is 1. The Labute approximate surface area is 86.5 Å². The molecule has 0 spiro atoms. The van der Waals surface area contributed by atoms with Crippen molar-refractivity contribution in [3.63, 3.8) is 0 Å². The Morgan fingerprint density at radius 2 is 2.07 bits per heavy atom. The summed E-state index contributed by atoms with van der Waals surface area (Å²) in [5.41, 5.74) is 0. The predicted octanol–water partition coefficient (Wildman–Crippen LogP) is 2.69. The lowest BCUT2D eigenvalue weighted by atomic mass is 10.00. The number of ether oxygens (including phenoxy) is 1. The van der Waals surface area contributed by atoms with Gasteiger partial charge in [0, 0.05) is 0 Å². The molecular weight excluding hydrogens is 180 g/mol. The Morgan fingerprint density at radius 1 is 1.57 bits per heavy atom. The number of hydrogen-bond donors (Lipinski definition) is 1. The van der Waals surface area contributed by atoms with E-state index in [1.165, 1.54) is 0 Å². The van der Waals surface area contributed by atoms with Crippen LogP contribution in [0, 0.1) is 5.92 Å². The van der Waals surface area contributed by atoms with Gasteiger partial charge in [-0.2, -0.15) is 0 Å². The first-order chi connectivity index (χ1) is 6.61. The molecular formula is C11H22O3. The number of carboxylic acids is 1. The molecule has 1 rings (SSSR count). The summed E-state index contributed by atoms with van der Waals surface area (Å²) in [6, 6.07) is 0. The van der Waals surface area contributed by atoms with E-state index >= 15 is 0 Å². The molecule has 2 atom stereocenters. The number of rotatable bonds is 5. The maximum Gasteiger partial charge on any atom is 0.306 e. The molecule has 1 heterocycles. The van der Waals surface area contributed by atoms with Crippen LogP contribution in [0.5, 0.6) is 0 Å². The van der Waals surface area contributed by atoms with E-state index in [1.54, 1.807) is 0 Å². The van der Waals surface area contributed by atoms with Crippen LogP contribution in [0.15, 0.2) is 0 Å². The molecule has 0 aromatic heterocycles. The van der Waals surface area contributed by atoms with Gasteiger partial charge in [0.1, 0.15) is 0 Å². The van der Waals surface area contributed by atoms with Crippen molar-refractivity contribution < 1.29 is 14.6 Å². The molecule has 1 aliphatic heterocycles. The third-order valence-electron chi connectivity index (χ3n) is 2.25. The van der Waals surface area contributed by atoms with Gasteiger partial charge >= 0.3 is 5.97 Å². The Kier molecular flexibility index (Phi) is 7.48. The van der Waals surface area contributed by atoms with E-state index in [4.69, 9.17) is 9.84 Å². The molecule has 2 unspecified atom stereocenters. The zero-order chi connectivity index (χ0) is 11.0. The summed E-state index contributed by atoms with van der Waals surface area (Å²) < 4.78 is 4.71. The van der Waals surface area contributed by atoms with Gasteiger partial charge < -0.3 is 9.84 Å². The Morgan fingerprint density at radius 3 is 2.29 bits per heavy atom. The summed E-state index contributed by atoms with van der Waals surface area (Å²) in [6.07, 6.45) is 4.30. The van der Waals surface area contributed by atoms with E-state index < -0.39 is 5.97 Å². The SMILES string of the molecule is CC1CO1.CCCCC(CC)C(=O)O. The van der Waals surface area contributed by atoms with E-state index in [-0.39, 0.29) is 5.92 Å².